The highest BCUT2D eigenvalue weighted by molar-refractivity contribution is 5.78. The number of nitro groups is 1. The summed E-state index contributed by atoms with van der Waals surface area (Å²) >= 11 is 0. The number of para-hydroxylation sites is 2. The normalized spacial score (nSPS) is 13.0. The molecule has 2 aromatic rings. The van der Waals surface area contributed by atoms with Gasteiger partial charge < -0.3 is 19.5 Å². The minimum absolute atomic E-state index is 0.0507. The molecule has 0 unspecified atom stereocenters. The Morgan fingerprint density at radius 1 is 1.19 bits per heavy atom. The highest BCUT2D eigenvalue weighted by Crippen LogP contribution is 2.34. The fourth-order valence-corrected chi connectivity index (χ4v) is 2.76. The topological polar surface area (TPSA) is 99.9 Å². The molecule has 27 heavy (non-hydrogen) atoms. The molecule has 0 radical (unpaired) electrons. The smallest absolute Gasteiger partial charge is 0.310 e. The maximum absolute atomic E-state index is 12.3. The number of hydrogen-bond donors (Lipinski definition) is 1. The highest BCUT2D eigenvalue weighted by atomic mass is 16.6. The number of rotatable bonds is 6. The van der Waals surface area contributed by atoms with E-state index in [0.29, 0.717) is 24.7 Å². The van der Waals surface area contributed by atoms with Crippen LogP contribution in [0, 0.1) is 10.1 Å². The van der Waals surface area contributed by atoms with Gasteiger partial charge in [0.15, 0.2) is 23.9 Å². The average molecular weight is 372 g/mol. The number of fused-ring (bicyclic) bond motifs is 1. The predicted octanol–water partition coefficient (Wildman–Crippen LogP) is 2.80. The summed E-state index contributed by atoms with van der Waals surface area (Å²) in [5, 5.41) is 13.9. The van der Waals surface area contributed by atoms with Crippen molar-refractivity contribution >= 4 is 11.6 Å². The van der Waals surface area contributed by atoms with E-state index in [1.54, 1.807) is 6.07 Å². The van der Waals surface area contributed by atoms with Crippen LogP contribution in [0.5, 0.6) is 17.2 Å². The number of amides is 1. The third kappa shape index (κ3) is 4.28. The molecule has 3 rings (SSSR count). The second kappa shape index (κ2) is 7.53. The number of carbonyl (C=O) groups is 1. The van der Waals surface area contributed by atoms with Crippen LogP contribution in [0.3, 0.4) is 0 Å². The van der Waals surface area contributed by atoms with Crippen molar-refractivity contribution in [3.63, 3.8) is 0 Å². The number of nitrogens with zero attached hydrogens (tertiary/aromatic N) is 1. The van der Waals surface area contributed by atoms with Gasteiger partial charge in [-0.15, -0.1) is 0 Å². The van der Waals surface area contributed by atoms with Crippen LogP contribution in [0.25, 0.3) is 0 Å². The van der Waals surface area contributed by atoms with E-state index < -0.39 is 16.4 Å². The molecule has 0 saturated heterocycles. The zero-order valence-corrected chi connectivity index (χ0v) is 15.1. The molecule has 0 aromatic heterocycles. The van der Waals surface area contributed by atoms with Crippen molar-refractivity contribution in [3.8, 4) is 17.2 Å². The standard InChI is InChI=1S/C19H20N2O6/c1-19(2,13-7-8-16-17(11-13)26-10-9-25-16)20-18(22)12-27-15-6-4-3-5-14(15)21(23)24/h3-8,11H,9-10,12H2,1-2H3,(H,20,22). The molecule has 0 spiro atoms. The number of nitro benzene ring substituents is 1. The summed E-state index contributed by atoms with van der Waals surface area (Å²) in [5.74, 6) is 0.965. The first-order valence-electron chi connectivity index (χ1n) is 8.44. The third-order valence-corrected chi connectivity index (χ3v) is 4.14. The van der Waals surface area contributed by atoms with Gasteiger partial charge >= 0.3 is 5.69 Å². The van der Waals surface area contributed by atoms with E-state index in [-0.39, 0.29) is 18.0 Å². The maximum Gasteiger partial charge on any atom is 0.310 e. The van der Waals surface area contributed by atoms with Crippen molar-refractivity contribution in [3.05, 3.63) is 58.1 Å². The van der Waals surface area contributed by atoms with Gasteiger partial charge in [0.05, 0.1) is 10.5 Å². The van der Waals surface area contributed by atoms with Crippen LogP contribution in [0.2, 0.25) is 0 Å². The lowest BCUT2D eigenvalue weighted by atomic mass is 9.93. The van der Waals surface area contributed by atoms with Gasteiger partial charge in [-0.25, -0.2) is 0 Å². The zero-order valence-electron chi connectivity index (χ0n) is 15.1. The lowest BCUT2D eigenvalue weighted by Crippen LogP contribution is -2.43. The molecular weight excluding hydrogens is 352 g/mol. The Balaban J connectivity index is 1.65. The molecule has 8 heteroatoms. The van der Waals surface area contributed by atoms with Crippen LogP contribution in [0.15, 0.2) is 42.5 Å². The summed E-state index contributed by atoms with van der Waals surface area (Å²) in [5.41, 5.74) is -0.0407. The van der Waals surface area contributed by atoms with Crippen LogP contribution in [0.1, 0.15) is 19.4 Å². The summed E-state index contributed by atoms with van der Waals surface area (Å²) in [4.78, 5) is 22.8. The van der Waals surface area contributed by atoms with Crippen LogP contribution in [-0.4, -0.2) is 30.7 Å². The number of ether oxygens (including phenoxy) is 3. The third-order valence-electron chi connectivity index (χ3n) is 4.14. The van der Waals surface area contributed by atoms with Gasteiger partial charge in [0.1, 0.15) is 13.2 Å². The largest absolute Gasteiger partial charge is 0.486 e. The van der Waals surface area contributed by atoms with Gasteiger partial charge in [0.25, 0.3) is 5.91 Å². The lowest BCUT2D eigenvalue weighted by Gasteiger charge is -2.28. The van der Waals surface area contributed by atoms with Gasteiger partial charge in [0, 0.05) is 6.07 Å². The second-order valence-corrected chi connectivity index (χ2v) is 6.55. The van der Waals surface area contributed by atoms with Gasteiger partial charge in [-0.2, -0.15) is 0 Å². The number of nitrogens with one attached hydrogen (secondary N) is 1. The van der Waals surface area contributed by atoms with Crippen LogP contribution >= 0.6 is 0 Å². The molecule has 0 atom stereocenters. The highest BCUT2D eigenvalue weighted by Gasteiger charge is 2.26. The predicted molar refractivity (Wildman–Crippen MR) is 97.2 cm³/mol. The monoisotopic (exact) mass is 372 g/mol. The van der Waals surface area contributed by atoms with Crippen molar-refractivity contribution in [1.29, 1.82) is 0 Å². The van der Waals surface area contributed by atoms with Crippen LogP contribution < -0.4 is 19.5 Å². The van der Waals surface area contributed by atoms with Gasteiger partial charge in [-0.05, 0) is 37.6 Å². The summed E-state index contributed by atoms with van der Waals surface area (Å²) in [7, 11) is 0. The molecule has 8 nitrogen and oxygen atoms in total. The molecule has 1 heterocycles. The Kier molecular flexibility index (Phi) is 5.16. The van der Waals surface area contributed by atoms with Gasteiger partial charge in [-0.3, -0.25) is 14.9 Å². The molecule has 2 aromatic carbocycles. The molecule has 0 bridgehead atoms. The van der Waals surface area contributed by atoms with E-state index in [4.69, 9.17) is 14.2 Å². The molecule has 1 amide bonds. The number of hydrogen-bond acceptors (Lipinski definition) is 6. The van der Waals surface area contributed by atoms with Crippen molar-refractivity contribution in [1.82, 2.24) is 5.32 Å². The molecule has 0 fully saturated rings. The van der Waals surface area contributed by atoms with Crippen molar-refractivity contribution in [2.75, 3.05) is 19.8 Å². The van der Waals surface area contributed by atoms with Crippen molar-refractivity contribution in [2.24, 2.45) is 0 Å². The molecule has 1 aliphatic rings. The van der Waals surface area contributed by atoms with Crippen LogP contribution in [0.4, 0.5) is 5.69 Å². The van der Waals surface area contributed by atoms with E-state index in [0.717, 1.165) is 5.56 Å². The minimum atomic E-state index is -0.696. The quantitative estimate of drug-likeness (QED) is 0.618. The Morgan fingerprint density at radius 3 is 2.63 bits per heavy atom. The first-order chi connectivity index (χ1) is 12.9. The Hall–Kier alpha value is -3.29. The fraction of sp³-hybridized carbons (Fsp3) is 0.316. The molecule has 1 aliphatic heterocycles. The van der Waals surface area contributed by atoms with E-state index in [9.17, 15) is 14.9 Å². The summed E-state index contributed by atoms with van der Waals surface area (Å²) in [6, 6.07) is 11.4. The van der Waals surface area contributed by atoms with E-state index in [1.165, 1.54) is 18.2 Å². The Labute approximate surface area is 156 Å². The molecule has 0 saturated carbocycles. The Morgan fingerprint density at radius 2 is 1.89 bits per heavy atom. The minimum Gasteiger partial charge on any atom is -0.486 e. The van der Waals surface area contributed by atoms with Crippen molar-refractivity contribution < 1.29 is 23.9 Å². The first kappa shape index (κ1) is 18.5. The van der Waals surface area contributed by atoms with Crippen molar-refractivity contribution in [2.45, 2.75) is 19.4 Å². The fourth-order valence-electron chi connectivity index (χ4n) is 2.76. The number of carbonyl (C=O) groups excluding carboxylic acids is 1. The first-order valence-corrected chi connectivity index (χ1v) is 8.44. The average Bonchev–Trinajstić information content (AvgIpc) is 2.65. The van der Waals surface area contributed by atoms with E-state index >= 15 is 0 Å². The van der Waals surface area contributed by atoms with Gasteiger partial charge in [-0.1, -0.05) is 18.2 Å². The maximum atomic E-state index is 12.3. The SMILES string of the molecule is CC(C)(NC(=O)COc1ccccc1[N+](=O)[O-])c1ccc2c(c1)OCCO2. The number of benzene rings is 2. The molecular formula is C19H20N2O6. The zero-order chi connectivity index (χ0) is 19.4. The summed E-state index contributed by atoms with van der Waals surface area (Å²) in [6.45, 7) is 4.35. The second-order valence-electron chi connectivity index (χ2n) is 6.55. The molecule has 0 aliphatic carbocycles. The van der Waals surface area contributed by atoms with Crippen LogP contribution in [-0.2, 0) is 10.3 Å². The van der Waals surface area contributed by atoms with E-state index in [1.807, 2.05) is 32.0 Å². The Bertz CT molecular complexity index is 865. The molecule has 1 N–H and O–H groups in total. The summed E-state index contributed by atoms with van der Waals surface area (Å²) in [6.07, 6.45) is 0. The lowest BCUT2D eigenvalue weighted by molar-refractivity contribution is -0.385. The van der Waals surface area contributed by atoms with E-state index in [2.05, 4.69) is 5.32 Å². The summed E-state index contributed by atoms with van der Waals surface area (Å²) < 4.78 is 16.4. The van der Waals surface area contributed by atoms with Gasteiger partial charge in [0.2, 0.25) is 0 Å². The molecule has 142 valence electrons.